The molecule has 1 aliphatic heterocycles. The highest BCUT2D eigenvalue weighted by atomic mass is 32.2. The van der Waals surface area contributed by atoms with Gasteiger partial charge in [-0.25, -0.2) is 9.78 Å². The van der Waals surface area contributed by atoms with Gasteiger partial charge in [0.1, 0.15) is 4.88 Å². The molecule has 0 spiro atoms. The third kappa shape index (κ3) is 6.56. The number of aliphatic hydroxyl groups excluding tert-OH is 1. The summed E-state index contributed by atoms with van der Waals surface area (Å²) in [5, 5.41) is 10.4. The fourth-order valence-corrected chi connectivity index (χ4v) is 5.87. The Morgan fingerprint density at radius 3 is 2.81 bits per heavy atom. The molecule has 1 aromatic heterocycles. The van der Waals surface area contributed by atoms with Gasteiger partial charge in [0.25, 0.3) is 0 Å². The van der Waals surface area contributed by atoms with Crippen molar-refractivity contribution in [2.75, 3.05) is 17.3 Å². The topological polar surface area (TPSA) is 79.7 Å². The summed E-state index contributed by atoms with van der Waals surface area (Å²) >= 11 is 2.95. The van der Waals surface area contributed by atoms with Crippen LogP contribution >= 0.6 is 23.1 Å². The lowest BCUT2D eigenvalue weighted by atomic mass is 10.0. The van der Waals surface area contributed by atoms with Gasteiger partial charge in [0.2, 0.25) is 5.91 Å². The summed E-state index contributed by atoms with van der Waals surface area (Å²) in [5.41, 5.74) is 1.80. The van der Waals surface area contributed by atoms with Crippen LogP contribution in [0.4, 0.5) is 5.69 Å². The zero-order valence-electron chi connectivity index (χ0n) is 18.8. The van der Waals surface area contributed by atoms with E-state index in [1.807, 2.05) is 29.2 Å². The summed E-state index contributed by atoms with van der Waals surface area (Å²) in [5.74, 6) is 0.636. The van der Waals surface area contributed by atoms with E-state index in [4.69, 9.17) is 4.74 Å². The number of esters is 1. The quantitative estimate of drug-likeness (QED) is 0.244. The number of ether oxygens (including phenoxy) is 1. The van der Waals surface area contributed by atoms with Crippen molar-refractivity contribution in [1.82, 2.24) is 4.98 Å². The summed E-state index contributed by atoms with van der Waals surface area (Å²) in [6.07, 6.45) is 7.41. The maximum Gasteiger partial charge on any atom is 0.349 e. The van der Waals surface area contributed by atoms with Crippen molar-refractivity contribution < 1.29 is 19.4 Å². The molecule has 32 heavy (non-hydrogen) atoms. The lowest BCUT2D eigenvalue weighted by Gasteiger charge is -2.25. The maximum absolute atomic E-state index is 12.6. The number of carbonyl (C=O) groups excluding carboxylic acids is 2. The first-order valence-electron chi connectivity index (χ1n) is 11.4. The van der Waals surface area contributed by atoms with Gasteiger partial charge in [-0.1, -0.05) is 50.1 Å². The standard InChI is InChI=1S/C24H32N2O4S2/c1-3-5-6-7-20(27)17-8-10-18(11-9-17)26-19(12-13-22(26)28)14-15-31-24-25-16-21(32-24)23(29)30-4-2/h8-11,16,19-20,27H,3-7,12-15H2,1-2H3/t19-,20?/m1/s1. The van der Waals surface area contributed by atoms with E-state index in [0.717, 1.165) is 59.9 Å². The van der Waals surface area contributed by atoms with Crippen molar-refractivity contribution >= 4 is 40.7 Å². The number of amides is 1. The predicted molar refractivity (Wildman–Crippen MR) is 129 cm³/mol. The first-order valence-corrected chi connectivity index (χ1v) is 13.2. The van der Waals surface area contributed by atoms with Crippen LogP contribution in [0.3, 0.4) is 0 Å². The number of carbonyl (C=O) groups is 2. The highest BCUT2D eigenvalue weighted by Gasteiger charge is 2.32. The average Bonchev–Trinajstić information content (AvgIpc) is 3.41. The number of thioether (sulfide) groups is 1. The first kappa shape index (κ1) is 24.7. The number of thiazole rings is 1. The van der Waals surface area contributed by atoms with Gasteiger partial charge in [-0.2, -0.15) is 0 Å². The van der Waals surface area contributed by atoms with E-state index in [1.54, 1.807) is 24.9 Å². The number of benzene rings is 1. The summed E-state index contributed by atoms with van der Waals surface area (Å²) in [7, 11) is 0. The van der Waals surface area contributed by atoms with Gasteiger partial charge in [0.15, 0.2) is 4.34 Å². The van der Waals surface area contributed by atoms with Gasteiger partial charge in [0, 0.05) is 23.9 Å². The second-order valence-electron chi connectivity index (χ2n) is 7.91. The van der Waals surface area contributed by atoms with Crippen LogP contribution in [0.5, 0.6) is 0 Å². The van der Waals surface area contributed by atoms with E-state index in [9.17, 15) is 14.7 Å². The molecule has 1 saturated heterocycles. The number of unbranched alkanes of at least 4 members (excludes halogenated alkanes) is 2. The highest BCUT2D eigenvalue weighted by Crippen LogP contribution is 2.32. The summed E-state index contributed by atoms with van der Waals surface area (Å²) in [6.45, 7) is 4.29. The molecule has 1 aliphatic rings. The lowest BCUT2D eigenvalue weighted by Crippen LogP contribution is -2.33. The number of aliphatic hydroxyl groups is 1. The molecular weight excluding hydrogens is 444 g/mol. The van der Waals surface area contributed by atoms with Crippen LogP contribution in [0.1, 0.15) is 80.1 Å². The third-order valence-corrected chi connectivity index (χ3v) is 7.77. The molecule has 3 rings (SSSR count). The number of hydrogen-bond donors (Lipinski definition) is 1. The van der Waals surface area contributed by atoms with E-state index in [0.29, 0.717) is 17.9 Å². The van der Waals surface area contributed by atoms with Crippen molar-refractivity contribution in [2.45, 2.75) is 75.3 Å². The minimum atomic E-state index is -0.449. The fraction of sp³-hybridized carbons (Fsp3) is 0.542. The molecule has 0 aliphatic carbocycles. The maximum atomic E-state index is 12.6. The van der Waals surface area contributed by atoms with Crippen molar-refractivity contribution in [3.8, 4) is 0 Å². The van der Waals surface area contributed by atoms with Crippen LogP contribution in [-0.4, -0.2) is 40.4 Å². The van der Waals surface area contributed by atoms with Gasteiger partial charge in [0.05, 0.1) is 18.9 Å². The Morgan fingerprint density at radius 2 is 2.09 bits per heavy atom. The van der Waals surface area contributed by atoms with Gasteiger partial charge >= 0.3 is 5.97 Å². The van der Waals surface area contributed by atoms with Gasteiger partial charge in [-0.15, -0.1) is 11.3 Å². The minimum absolute atomic E-state index is 0.148. The normalized spacial score (nSPS) is 17.0. The molecule has 2 heterocycles. The van der Waals surface area contributed by atoms with Crippen LogP contribution in [0.2, 0.25) is 0 Å². The minimum Gasteiger partial charge on any atom is -0.462 e. The molecule has 6 nitrogen and oxygen atoms in total. The molecule has 174 valence electrons. The van der Waals surface area contributed by atoms with Crippen molar-refractivity contribution in [3.63, 3.8) is 0 Å². The van der Waals surface area contributed by atoms with E-state index < -0.39 is 6.10 Å². The Balaban J connectivity index is 1.54. The third-order valence-electron chi connectivity index (χ3n) is 5.60. The monoisotopic (exact) mass is 476 g/mol. The first-order chi connectivity index (χ1) is 15.5. The Bertz CT molecular complexity index is 884. The summed E-state index contributed by atoms with van der Waals surface area (Å²) in [4.78, 5) is 31.1. The molecule has 1 aromatic carbocycles. The van der Waals surface area contributed by atoms with E-state index in [1.165, 1.54) is 11.3 Å². The number of nitrogens with zero attached hydrogens (tertiary/aromatic N) is 2. The van der Waals surface area contributed by atoms with Crippen LogP contribution in [0.15, 0.2) is 34.8 Å². The van der Waals surface area contributed by atoms with Crippen molar-refractivity contribution in [2.24, 2.45) is 0 Å². The fourth-order valence-electron chi connectivity index (χ4n) is 3.89. The zero-order chi connectivity index (χ0) is 22.9. The molecule has 0 bridgehead atoms. The second kappa shape index (κ2) is 12.4. The number of anilines is 1. The average molecular weight is 477 g/mol. The van der Waals surface area contributed by atoms with Gasteiger partial charge in [-0.3, -0.25) is 4.79 Å². The van der Waals surface area contributed by atoms with E-state index in [-0.39, 0.29) is 17.9 Å². The van der Waals surface area contributed by atoms with E-state index >= 15 is 0 Å². The molecule has 0 radical (unpaired) electrons. The predicted octanol–water partition coefficient (Wildman–Crippen LogP) is 5.61. The van der Waals surface area contributed by atoms with Crippen LogP contribution in [0.25, 0.3) is 0 Å². The van der Waals surface area contributed by atoms with Crippen molar-refractivity contribution in [3.05, 3.63) is 40.9 Å². The molecule has 2 aromatic rings. The van der Waals surface area contributed by atoms with Crippen molar-refractivity contribution in [1.29, 1.82) is 0 Å². The molecule has 8 heteroatoms. The second-order valence-corrected chi connectivity index (χ2v) is 10.3. The van der Waals surface area contributed by atoms with Crippen LogP contribution < -0.4 is 4.90 Å². The van der Waals surface area contributed by atoms with E-state index in [2.05, 4.69) is 11.9 Å². The zero-order valence-corrected chi connectivity index (χ0v) is 20.4. The van der Waals surface area contributed by atoms with Gasteiger partial charge in [-0.05, 0) is 43.9 Å². The largest absolute Gasteiger partial charge is 0.462 e. The number of aromatic nitrogens is 1. The summed E-state index contributed by atoms with van der Waals surface area (Å²) < 4.78 is 5.85. The molecule has 1 N–H and O–H groups in total. The Kier molecular flexibility index (Phi) is 9.56. The smallest absolute Gasteiger partial charge is 0.349 e. The Morgan fingerprint density at radius 1 is 1.31 bits per heavy atom. The Labute approximate surface area is 198 Å². The number of rotatable bonds is 12. The lowest BCUT2D eigenvalue weighted by molar-refractivity contribution is -0.117. The molecule has 2 atom stereocenters. The molecule has 0 saturated carbocycles. The summed E-state index contributed by atoms with van der Waals surface area (Å²) in [6, 6.07) is 7.94. The number of hydrogen-bond acceptors (Lipinski definition) is 7. The van der Waals surface area contributed by atoms with Gasteiger partial charge < -0.3 is 14.7 Å². The molecule has 1 fully saturated rings. The molecule has 1 unspecified atom stereocenters. The molecular formula is C24H32N2O4S2. The van der Waals surface area contributed by atoms with Crippen LogP contribution in [0, 0.1) is 0 Å². The Hall–Kier alpha value is -1.90. The molecule has 1 amide bonds. The highest BCUT2D eigenvalue weighted by molar-refractivity contribution is 8.01. The SMILES string of the molecule is CCCCCC(O)c1ccc(N2C(=O)CC[C@@H]2CCSc2ncc(C(=O)OCC)s2)cc1. The van der Waals surface area contributed by atoms with Crippen LogP contribution in [-0.2, 0) is 9.53 Å².